The highest BCUT2D eigenvalue weighted by Gasteiger charge is 2.28. The van der Waals surface area contributed by atoms with Crippen LogP contribution in [0, 0.1) is 0 Å². The second-order valence-electron chi connectivity index (χ2n) is 6.35. The summed E-state index contributed by atoms with van der Waals surface area (Å²) in [7, 11) is -3.08. The molecule has 0 radical (unpaired) electrons. The predicted octanol–water partition coefficient (Wildman–Crippen LogP) is 1.97. The number of aromatic nitrogens is 2. The van der Waals surface area contributed by atoms with Crippen LogP contribution in [0.3, 0.4) is 0 Å². The lowest BCUT2D eigenvalue weighted by Crippen LogP contribution is -2.37. The molecule has 1 aromatic heterocycles. The number of anilines is 1. The molecule has 3 rings (SSSR count). The molecule has 0 bridgehead atoms. The van der Waals surface area contributed by atoms with E-state index in [4.69, 9.17) is 0 Å². The van der Waals surface area contributed by atoms with Gasteiger partial charge in [0.15, 0.2) is 0 Å². The first-order valence-corrected chi connectivity index (χ1v) is 9.91. The summed E-state index contributed by atoms with van der Waals surface area (Å²) in [6, 6.07) is 0.506. The van der Waals surface area contributed by atoms with Gasteiger partial charge in [-0.3, -0.25) is 4.98 Å². The molecule has 0 unspecified atom stereocenters. The van der Waals surface area contributed by atoms with Crippen molar-refractivity contribution in [2.24, 2.45) is 0 Å². The van der Waals surface area contributed by atoms with Crippen molar-refractivity contribution in [3.8, 4) is 0 Å². The van der Waals surface area contributed by atoms with E-state index >= 15 is 0 Å². The number of piperidine rings is 1. The molecule has 1 aliphatic heterocycles. The highest BCUT2D eigenvalue weighted by Crippen LogP contribution is 2.32. The summed E-state index contributed by atoms with van der Waals surface area (Å²) in [5.41, 5.74) is 1.00. The zero-order valence-electron chi connectivity index (χ0n) is 13.0. The van der Waals surface area contributed by atoms with Gasteiger partial charge in [0.25, 0.3) is 0 Å². The predicted molar refractivity (Wildman–Crippen MR) is 86.3 cm³/mol. The molecule has 6 nitrogen and oxygen atoms in total. The number of nitrogens with one attached hydrogen (secondary N) is 1. The Morgan fingerprint density at radius 3 is 2.36 bits per heavy atom. The van der Waals surface area contributed by atoms with Gasteiger partial charge in [-0.1, -0.05) is 12.8 Å². The molecular formula is C15H24N4O2S. The molecule has 1 aromatic rings. The second kappa shape index (κ2) is 6.50. The summed E-state index contributed by atoms with van der Waals surface area (Å²) in [4.78, 5) is 9.02. The van der Waals surface area contributed by atoms with Crippen molar-refractivity contribution in [2.45, 2.75) is 50.5 Å². The minimum atomic E-state index is -3.08. The maximum absolute atomic E-state index is 11.6. The van der Waals surface area contributed by atoms with E-state index in [2.05, 4.69) is 15.3 Å². The van der Waals surface area contributed by atoms with Crippen molar-refractivity contribution < 1.29 is 8.42 Å². The summed E-state index contributed by atoms with van der Waals surface area (Å²) >= 11 is 0. The largest absolute Gasteiger partial charge is 0.366 e. The average molecular weight is 324 g/mol. The number of sulfonamides is 1. The third-order valence-electron chi connectivity index (χ3n) is 4.73. The van der Waals surface area contributed by atoms with Crippen molar-refractivity contribution in [1.29, 1.82) is 0 Å². The zero-order chi connectivity index (χ0) is 15.6. The van der Waals surface area contributed by atoms with Gasteiger partial charge in [-0.05, 0) is 25.7 Å². The highest BCUT2D eigenvalue weighted by molar-refractivity contribution is 7.88. The molecule has 2 heterocycles. The Morgan fingerprint density at radius 2 is 1.73 bits per heavy atom. The summed E-state index contributed by atoms with van der Waals surface area (Å²) in [6.07, 6.45) is 11.3. The molecule has 1 aliphatic carbocycles. The molecular weight excluding hydrogens is 300 g/mol. The summed E-state index contributed by atoms with van der Waals surface area (Å²) in [5.74, 6) is 1.18. The van der Waals surface area contributed by atoms with E-state index < -0.39 is 10.0 Å². The smallest absolute Gasteiger partial charge is 0.211 e. The molecule has 0 aromatic carbocycles. The normalized spacial score (nSPS) is 22.0. The van der Waals surface area contributed by atoms with Gasteiger partial charge in [0.1, 0.15) is 5.82 Å². The Labute approximate surface area is 132 Å². The first-order chi connectivity index (χ1) is 10.5. The molecule has 1 saturated carbocycles. The molecule has 0 amide bonds. The zero-order valence-corrected chi connectivity index (χ0v) is 13.8. The van der Waals surface area contributed by atoms with Crippen molar-refractivity contribution in [1.82, 2.24) is 14.3 Å². The highest BCUT2D eigenvalue weighted by atomic mass is 32.2. The summed E-state index contributed by atoms with van der Waals surface area (Å²) in [6.45, 7) is 1.14. The Hall–Kier alpha value is -1.21. The van der Waals surface area contributed by atoms with Crippen LogP contribution < -0.4 is 5.32 Å². The second-order valence-corrected chi connectivity index (χ2v) is 8.33. The van der Waals surface area contributed by atoms with Crippen LogP contribution >= 0.6 is 0 Å². The van der Waals surface area contributed by atoms with E-state index in [-0.39, 0.29) is 5.92 Å². The van der Waals surface area contributed by atoms with Crippen molar-refractivity contribution in [2.75, 3.05) is 24.7 Å². The molecule has 1 saturated heterocycles. The third-order valence-corrected chi connectivity index (χ3v) is 6.04. The van der Waals surface area contributed by atoms with E-state index in [1.165, 1.54) is 31.9 Å². The van der Waals surface area contributed by atoms with Gasteiger partial charge < -0.3 is 5.32 Å². The molecule has 22 heavy (non-hydrogen) atoms. The summed E-state index contributed by atoms with van der Waals surface area (Å²) in [5, 5.41) is 3.54. The third kappa shape index (κ3) is 3.57. The molecule has 0 atom stereocenters. The van der Waals surface area contributed by atoms with Crippen molar-refractivity contribution in [3.63, 3.8) is 0 Å². The van der Waals surface area contributed by atoms with Crippen LogP contribution in [0.4, 0.5) is 5.82 Å². The number of hydrogen-bond donors (Lipinski definition) is 1. The maximum Gasteiger partial charge on any atom is 0.211 e. The minimum absolute atomic E-state index is 0.288. The van der Waals surface area contributed by atoms with Gasteiger partial charge in [-0.2, -0.15) is 0 Å². The first kappa shape index (κ1) is 15.7. The van der Waals surface area contributed by atoms with Crippen molar-refractivity contribution in [3.05, 3.63) is 18.1 Å². The lowest BCUT2D eigenvalue weighted by atomic mass is 9.94. The quantitative estimate of drug-likeness (QED) is 0.916. The van der Waals surface area contributed by atoms with Gasteiger partial charge in [0.05, 0.1) is 11.9 Å². The molecule has 2 aliphatic rings. The van der Waals surface area contributed by atoms with Crippen LogP contribution in [-0.4, -0.2) is 48.1 Å². The van der Waals surface area contributed by atoms with E-state index in [0.717, 1.165) is 24.4 Å². The number of hydrogen-bond acceptors (Lipinski definition) is 5. The van der Waals surface area contributed by atoms with Crippen LogP contribution in [0.25, 0.3) is 0 Å². The summed E-state index contributed by atoms with van der Waals surface area (Å²) < 4.78 is 24.8. The van der Waals surface area contributed by atoms with E-state index in [9.17, 15) is 8.42 Å². The Bertz CT molecular complexity index is 606. The molecule has 1 N–H and O–H groups in total. The Kier molecular flexibility index (Phi) is 4.63. The molecule has 7 heteroatoms. The Morgan fingerprint density at radius 1 is 1.09 bits per heavy atom. The van der Waals surface area contributed by atoms with Gasteiger partial charge in [-0.15, -0.1) is 0 Å². The fourth-order valence-electron chi connectivity index (χ4n) is 3.48. The number of nitrogens with zero attached hydrogens (tertiary/aromatic N) is 3. The lowest BCUT2D eigenvalue weighted by Gasteiger charge is -2.30. The van der Waals surface area contributed by atoms with Gasteiger partial charge in [0.2, 0.25) is 10.0 Å². The standard InChI is InChI=1S/C15H24N4O2S/c1-22(20,21)19-10-6-12(7-11-19)14-15(17-9-8-16-14)18-13-4-2-3-5-13/h8-9,12-13H,2-7,10-11H2,1H3,(H,17,18). The maximum atomic E-state index is 11.6. The Balaban J connectivity index is 1.70. The molecule has 0 spiro atoms. The monoisotopic (exact) mass is 324 g/mol. The van der Waals surface area contributed by atoms with Gasteiger partial charge in [0, 0.05) is 37.4 Å². The van der Waals surface area contributed by atoms with Crippen LogP contribution in [0.2, 0.25) is 0 Å². The number of rotatable bonds is 4. The van der Waals surface area contributed by atoms with Crippen LogP contribution in [0.15, 0.2) is 12.4 Å². The molecule has 122 valence electrons. The fraction of sp³-hybridized carbons (Fsp3) is 0.733. The first-order valence-electron chi connectivity index (χ1n) is 8.06. The average Bonchev–Trinajstić information content (AvgIpc) is 3.00. The lowest BCUT2D eigenvalue weighted by molar-refractivity contribution is 0.318. The van der Waals surface area contributed by atoms with Gasteiger partial charge >= 0.3 is 0 Å². The SMILES string of the molecule is CS(=O)(=O)N1CCC(c2nccnc2NC2CCCC2)CC1. The topological polar surface area (TPSA) is 75.2 Å². The molecule has 2 fully saturated rings. The van der Waals surface area contributed by atoms with Gasteiger partial charge in [-0.25, -0.2) is 17.7 Å². The fourth-order valence-corrected chi connectivity index (χ4v) is 4.36. The van der Waals surface area contributed by atoms with E-state index in [0.29, 0.717) is 19.1 Å². The van der Waals surface area contributed by atoms with Crippen LogP contribution in [-0.2, 0) is 10.0 Å². The van der Waals surface area contributed by atoms with E-state index in [1.807, 2.05) is 0 Å². The van der Waals surface area contributed by atoms with E-state index in [1.54, 1.807) is 16.7 Å². The van der Waals surface area contributed by atoms with Crippen LogP contribution in [0.5, 0.6) is 0 Å². The van der Waals surface area contributed by atoms with Crippen molar-refractivity contribution >= 4 is 15.8 Å². The van der Waals surface area contributed by atoms with Crippen LogP contribution in [0.1, 0.15) is 50.1 Å². The minimum Gasteiger partial charge on any atom is -0.366 e.